The Hall–Kier alpha value is -0.120. The third kappa shape index (κ3) is 8.61. The first kappa shape index (κ1) is 16.9. The maximum absolute atomic E-state index is 9.50. The van der Waals surface area contributed by atoms with Crippen molar-refractivity contribution in [2.75, 3.05) is 19.8 Å². The van der Waals surface area contributed by atoms with Crippen molar-refractivity contribution in [3.05, 3.63) is 0 Å². The Bertz CT molecular complexity index is 246. The van der Waals surface area contributed by atoms with Crippen molar-refractivity contribution in [2.24, 2.45) is 5.41 Å². The van der Waals surface area contributed by atoms with Crippen LogP contribution in [0.25, 0.3) is 0 Å². The Kier molecular flexibility index (Phi) is 6.78. The predicted molar refractivity (Wildman–Crippen MR) is 80.4 cm³/mol. The van der Waals surface area contributed by atoms with Crippen molar-refractivity contribution >= 4 is 0 Å². The fourth-order valence-electron chi connectivity index (χ4n) is 2.12. The molecule has 0 amide bonds. The van der Waals surface area contributed by atoms with Crippen LogP contribution in [0.2, 0.25) is 0 Å². The number of unbranched alkanes of at least 4 members (excludes halogenated alkanes) is 1. The summed E-state index contributed by atoms with van der Waals surface area (Å²) in [7, 11) is 0. The number of aliphatic hydroxyl groups is 1. The zero-order valence-corrected chi connectivity index (χ0v) is 13.3. The van der Waals surface area contributed by atoms with Gasteiger partial charge in [0.1, 0.15) is 0 Å². The molecule has 1 saturated carbocycles. The van der Waals surface area contributed by atoms with Gasteiger partial charge in [0.15, 0.2) is 0 Å². The molecule has 1 aliphatic carbocycles. The van der Waals surface area contributed by atoms with Crippen molar-refractivity contribution < 1.29 is 9.84 Å². The number of rotatable bonds is 10. The van der Waals surface area contributed by atoms with Crippen LogP contribution < -0.4 is 5.32 Å². The number of ether oxygens (including phenoxy) is 1. The van der Waals surface area contributed by atoms with Gasteiger partial charge in [-0.15, -0.1) is 0 Å². The molecule has 19 heavy (non-hydrogen) atoms. The topological polar surface area (TPSA) is 41.5 Å². The smallest absolute Gasteiger partial charge is 0.0610 e. The second kappa shape index (κ2) is 7.61. The normalized spacial score (nSPS) is 19.4. The molecule has 0 aromatic rings. The Labute approximate surface area is 119 Å². The summed E-state index contributed by atoms with van der Waals surface area (Å²) in [5, 5.41) is 13.0. The highest BCUT2D eigenvalue weighted by Crippen LogP contribution is 2.25. The van der Waals surface area contributed by atoms with Crippen LogP contribution >= 0.6 is 0 Å². The molecule has 0 bridgehead atoms. The molecule has 0 spiro atoms. The second-order valence-corrected chi connectivity index (χ2v) is 7.52. The van der Waals surface area contributed by atoms with E-state index < -0.39 is 0 Å². The summed E-state index contributed by atoms with van der Waals surface area (Å²) in [6.07, 6.45) is 6.89. The summed E-state index contributed by atoms with van der Waals surface area (Å²) in [6, 6.07) is 0.653. The molecule has 114 valence electrons. The maximum Gasteiger partial charge on any atom is 0.0610 e. The monoisotopic (exact) mass is 271 g/mol. The molecule has 1 fully saturated rings. The average molecular weight is 271 g/mol. The highest BCUT2D eigenvalue weighted by Gasteiger charge is 2.31. The van der Waals surface area contributed by atoms with Crippen LogP contribution in [-0.2, 0) is 4.74 Å². The first-order chi connectivity index (χ1) is 8.85. The van der Waals surface area contributed by atoms with Gasteiger partial charge in [0.05, 0.1) is 6.61 Å². The summed E-state index contributed by atoms with van der Waals surface area (Å²) < 4.78 is 5.67. The Morgan fingerprint density at radius 2 is 1.74 bits per heavy atom. The maximum atomic E-state index is 9.50. The molecule has 2 N–H and O–H groups in total. The lowest BCUT2D eigenvalue weighted by molar-refractivity contribution is 0.100. The number of hydrogen-bond acceptors (Lipinski definition) is 3. The van der Waals surface area contributed by atoms with E-state index in [0.717, 1.165) is 38.9 Å². The molecule has 0 saturated heterocycles. The van der Waals surface area contributed by atoms with E-state index in [4.69, 9.17) is 4.74 Å². The van der Waals surface area contributed by atoms with Gasteiger partial charge < -0.3 is 15.2 Å². The molecule has 3 nitrogen and oxygen atoms in total. The number of nitrogens with one attached hydrogen (secondary N) is 1. The van der Waals surface area contributed by atoms with Crippen LogP contribution in [0.15, 0.2) is 0 Å². The minimum absolute atomic E-state index is 0.0907. The molecule has 1 rings (SSSR count). The summed E-state index contributed by atoms with van der Waals surface area (Å²) in [4.78, 5) is 0. The largest absolute Gasteiger partial charge is 0.394 e. The van der Waals surface area contributed by atoms with E-state index in [9.17, 15) is 5.11 Å². The van der Waals surface area contributed by atoms with E-state index in [1.54, 1.807) is 0 Å². The van der Waals surface area contributed by atoms with E-state index in [2.05, 4.69) is 33.0 Å². The van der Waals surface area contributed by atoms with Crippen molar-refractivity contribution in [3.8, 4) is 0 Å². The molecule has 1 aliphatic rings. The molecule has 1 unspecified atom stereocenters. The number of hydrogen-bond donors (Lipinski definition) is 2. The van der Waals surface area contributed by atoms with E-state index in [-0.39, 0.29) is 12.1 Å². The van der Waals surface area contributed by atoms with Crippen molar-refractivity contribution in [1.29, 1.82) is 0 Å². The first-order valence-electron chi connectivity index (χ1n) is 7.81. The summed E-state index contributed by atoms with van der Waals surface area (Å²) in [5.41, 5.74) is 0.274. The highest BCUT2D eigenvalue weighted by atomic mass is 16.5. The quantitative estimate of drug-likeness (QED) is 0.600. The first-order valence-corrected chi connectivity index (χ1v) is 7.81. The van der Waals surface area contributed by atoms with Crippen LogP contribution in [0.4, 0.5) is 0 Å². The zero-order valence-electron chi connectivity index (χ0n) is 13.3. The Morgan fingerprint density at radius 1 is 1.05 bits per heavy atom. The molecule has 0 aliphatic heterocycles. The molecule has 3 heteroatoms. The van der Waals surface area contributed by atoms with Crippen LogP contribution in [0.5, 0.6) is 0 Å². The van der Waals surface area contributed by atoms with Gasteiger partial charge in [-0.05, 0) is 50.9 Å². The minimum atomic E-state index is -0.0907. The third-order valence-electron chi connectivity index (χ3n) is 3.74. The molecule has 0 radical (unpaired) electrons. The van der Waals surface area contributed by atoms with Crippen LogP contribution in [-0.4, -0.2) is 36.5 Å². The molecular formula is C16H33NO2. The minimum Gasteiger partial charge on any atom is -0.394 e. The van der Waals surface area contributed by atoms with Gasteiger partial charge in [0.25, 0.3) is 0 Å². The Balaban J connectivity index is 1.99. The summed E-state index contributed by atoms with van der Waals surface area (Å²) >= 11 is 0. The number of aliphatic hydroxyl groups excluding tert-OH is 1. The molecule has 1 atom stereocenters. The van der Waals surface area contributed by atoms with Gasteiger partial charge in [-0.3, -0.25) is 0 Å². The van der Waals surface area contributed by atoms with E-state index in [1.807, 2.05) is 0 Å². The standard InChI is InChI=1S/C16H33NO2/c1-15(2,3)10-12-19-11-6-5-9-16(4,13-18)17-14-7-8-14/h14,17-18H,5-13H2,1-4H3. The molecular weight excluding hydrogens is 238 g/mol. The second-order valence-electron chi connectivity index (χ2n) is 7.52. The van der Waals surface area contributed by atoms with Crippen LogP contribution in [0, 0.1) is 5.41 Å². The van der Waals surface area contributed by atoms with Crippen molar-refractivity contribution in [3.63, 3.8) is 0 Å². The van der Waals surface area contributed by atoms with Crippen molar-refractivity contribution in [1.82, 2.24) is 5.32 Å². The molecule has 0 heterocycles. The van der Waals surface area contributed by atoms with Gasteiger partial charge in [-0.1, -0.05) is 20.8 Å². The fourth-order valence-corrected chi connectivity index (χ4v) is 2.12. The van der Waals surface area contributed by atoms with Crippen LogP contribution in [0.1, 0.15) is 66.2 Å². The van der Waals surface area contributed by atoms with Gasteiger partial charge in [0, 0.05) is 24.8 Å². The SMILES string of the molecule is CC(C)(C)CCOCCCCC(C)(CO)NC1CC1. The van der Waals surface area contributed by atoms with E-state index >= 15 is 0 Å². The lowest BCUT2D eigenvalue weighted by atomic mass is 9.93. The zero-order chi connectivity index (χ0) is 14.4. The molecule has 0 aromatic carbocycles. The predicted octanol–water partition coefficient (Wildman–Crippen LogP) is 3.11. The van der Waals surface area contributed by atoms with Crippen LogP contribution in [0.3, 0.4) is 0 Å². The summed E-state index contributed by atoms with van der Waals surface area (Å²) in [6.45, 7) is 10.8. The van der Waals surface area contributed by atoms with E-state index in [1.165, 1.54) is 12.8 Å². The van der Waals surface area contributed by atoms with Gasteiger partial charge in [0.2, 0.25) is 0 Å². The van der Waals surface area contributed by atoms with Gasteiger partial charge in [-0.25, -0.2) is 0 Å². The highest BCUT2D eigenvalue weighted by molar-refractivity contribution is 4.92. The van der Waals surface area contributed by atoms with Crippen molar-refractivity contribution in [2.45, 2.75) is 77.8 Å². The van der Waals surface area contributed by atoms with Gasteiger partial charge >= 0.3 is 0 Å². The third-order valence-corrected chi connectivity index (χ3v) is 3.74. The lowest BCUT2D eigenvalue weighted by Crippen LogP contribution is -2.46. The fraction of sp³-hybridized carbons (Fsp3) is 1.00. The van der Waals surface area contributed by atoms with Gasteiger partial charge in [-0.2, -0.15) is 0 Å². The average Bonchev–Trinajstić information content (AvgIpc) is 3.10. The van der Waals surface area contributed by atoms with E-state index in [0.29, 0.717) is 11.5 Å². The molecule has 0 aromatic heterocycles. The summed E-state index contributed by atoms with van der Waals surface area (Å²) in [5.74, 6) is 0. The lowest BCUT2D eigenvalue weighted by Gasteiger charge is -2.29. The Morgan fingerprint density at radius 3 is 2.26 bits per heavy atom.